The summed E-state index contributed by atoms with van der Waals surface area (Å²) in [5.41, 5.74) is 0. The molecule has 0 rings (SSSR count). The molecule has 0 fully saturated rings. The van der Waals surface area contributed by atoms with Crippen LogP contribution in [0.1, 0.15) is 32.6 Å². The van der Waals surface area contributed by atoms with Crippen molar-refractivity contribution in [3.63, 3.8) is 0 Å². The predicted molar refractivity (Wildman–Crippen MR) is 52.4 cm³/mol. The fourth-order valence-electron chi connectivity index (χ4n) is 0.959. The van der Waals surface area contributed by atoms with Gasteiger partial charge in [0.05, 0.1) is 0 Å². The fourth-order valence-corrected chi connectivity index (χ4v) is 0.959. The molecule has 0 atom stereocenters. The Kier molecular flexibility index (Phi) is 6.88. The summed E-state index contributed by atoms with van der Waals surface area (Å²) in [4.78, 5) is 21.2. The minimum absolute atomic E-state index is 0.133. The number of hydrogen-bond donors (Lipinski definition) is 1. The lowest BCUT2D eigenvalue weighted by Gasteiger charge is -2.00. The highest BCUT2D eigenvalue weighted by atomic mass is 16.1. The molecule has 0 saturated carbocycles. The number of Topliss-reactive ketones (excluding diaryl/α,β-unsaturated/α-hetero) is 1. The van der Waals surface area contributed by atoms with Gasteiger partial charge in [0.1, 0.15) is 5.78 Å². The van der Waals surface area contributed by atoms with E-state index in [1.807, 2.05) is 0 Å². The Morgan fingerprint density at radius 1 is 1.31 bits per heavy atom. The van der Waals surface area contributed by atoms with E-state index in [-0.39, 0.29) is 11.7 Å². The fraction of sp³-hybridized carbons (Fsp3) is 0.600. The molecule has 3 heteroatoms. The second-order valence-electron chi connectivity index (χ2n) is 3.01. The third kappa shape index (κ3) is 8.79. The average Bonchev–Trinajstić information content (AvgIpc) is 2.10. The number of hydrogen-bond acceptors (Lipinski definition) is 2. The molecule has 0 heterocycles. The van der Waals surface area contributed by atoms with Gasteiger partial charge in [-0.05, 0) is 25.8 Å². The quantitative estimate of drug-likeness (QED) is 0.479. The summed E-state index contributed by atoms with van der Waals surface area (Å²) in [6.45, 7) is 5.61. The van der Waals surface area contributed by atoms with Crippen LogP contribution < -0.4 is 5.32 Å². The van der Waals surface area contributed by atoms with E-state index in [4.69, 9.17) is 0 Å². The molecule has 3 nitrogen and oxygen atoms in total. The van der Waals surface area contributed by atoms with Gasteiger partial charge in [0, 0.05) is 13.0 Å². The zero-order chi connectivity index (χ0) is 10.1. The van der Waals surface area contributed by atoms with Crippen molar-refractivity contribution in [1.29, 1.82) is 0 Å². The van der Waals surface area contributed by atoms with Crippen molar-refractivity contribution in [2.75, 3.05) is 6.54 Å². The Labute approximate surface area is 79.2 Å². The first kappa shape index (κ1) is 11.9. The van der Waals surface area contributed by atoms with Gasteiger partial charge in [0.15, 0.2) is 0 Å². The van der Waals surface area contributed by atoms with Crippen LogP contribution in [0.15, 0.2) is 12.7 Å². The van der Waals surface area contributed by atoms with Crippen LogP contribution >= 0.6 is 0 Å². The Bertz CT molecular complexity index is 187. The van der Waals surface area contributed by atoms with Crippen LogP contribution in [-0.4, -0.2) is 18.2 Å². The highest BCUT2D eigenvalue weighted by molar-refractivity contribution is 5.86. The number of carbonyl (C=O) groups is 2. The predicted octanol–water partition coefficient (Wildman–Crippen LogP) is 1.44. The van der Waals surface area contributed by atoms with Crippen molar-refractivity contribution < 1.29 is 9.59 Å². The standard InChI is InChI=1S/C10H17NO2/c1-3-10(13)11-8-6-4-5-7-9(2)12/h3H,1,4-8H2,2H3,(H,11,13). The molecule has 0 aliphatic carbocycles. The molecule has 0 aromatic carbocycles. The summed E-state index contributed by atoms with van der Waals surface area (Å²) in [7, 11) is 0. The van der Waals surface area contributed by atoms with Gasteiger partial charge in [0.2, 0.25) is 5.91 Å². The highest BCUT2D eigenvalue weighted by Gasteiger charge is 1.95. The third-order valence-corrected chi connectivity index (χ3v) is 1.69. The topological polar surface area (TPSA) is 46.2 Å². The monoisotopic (exact) mass is 183 g/mol. The lowest BCUT2D eigenvalue weighted by molar-refractivity contribution is -0.117. The summed E-state index contributed by atoms with van der Waals surface area (Å²) >= 11 is 0. The summed E-state index contributed by atoms with van der Waals surface area (Å²) in [6.07, 6.45) is 4.73. The average molecular weight is 183 g/mol. The molecule has 1 N–H and O–H groups in total. The molecular formula is C10H17NO2. The van der Waals surface area contributed by atoms with Gasteiger partial charge < -0.3 is 10.1 Å². The number of unbranched alkanes of at least 4 members (excludes halogenated alkanes) is 2. The summed E-state index contributed by atoms with van der Waals surface area (Å²) in [5.74, 6) is 0.0988. The van der Waals surface area contributed by atoms with Gasteiger partial charge in [-0.2, -0.15) is 0 Å². The van der Waals surface area contributed by atoms with Crippen molar-refractivity contribution in [2.45, 2.75) is 32.6 Å². The van der Waals surface area contributed by atoms with Gasteiger partial charge >= 0.3 is 0 Å². The number of nitrogens with one attached hydrogen (secondary N) is 1. The largest absolute Gasteiger partial charge is 0.353 e. The number of rotatable bonds is 7. The molecule has 0 aliphatic rings. The SMILES string of the molecule is C=CC(=O)NCCCCCC(C)=O. The lowest BCUT2D eigenvalue weighted by atomic mass is 10.1. The van der Waals surface area contributed by atoms with E-state index in [0.717, 1.165) is 19.3 Å². The normalized spacial score (nSPS) is 9.31. The summed E-state index contributed by atoms with van der Waals surface area (Å²) < 4.78 is 0. The van der Waals surface area contributed by atoms with Crippen molar-refractivity contribution in [1.82, 2.24) is 5.32 Å². The van der Waals surface area contributed by atoms with Gasteiger partial charge in [-0.15, -0.1) is 0 Å². The van der Waals surface area contributed by atoms with Crippen LogP contribution in [0.2, 0.25) is 0 Å². The molecule has 74 valence electrons. The van der Waals surface area contributed by atoms with Gasteiger partial charge in [-0.1, -0.05) is 13.0 Å². The smallest absolute Gasteiger partial charge is 0.243 e. The summed E-state index contributed by atoms with van der Waals surface area (Å²) in [6, 6.07) is 0. The highest BCUT2D eigenvalue weighted by Crippen LogP contribution is 1.98. The number of ketones is 1. The molecule has 0 aliphatic heterocycles. The van der Waals surface area contributed by atoms with Crippen LogP contribution in [0.5, 0.6) is 0 Å². The van der Waals surface area contributed by atoms with Crippen molar-refractivity contribution in [3.05, 3.63) is 12.7 Å². The molecular weight excluding hydrogens is 166 g/mol. The van der Waals surface area contributed by atoms with E-state index in [1.165, 1.54) is 6.08 Å². The van der Waals surface area contributed by atoms with Crippen LogP contribution in [0.4, 0.5) is 0 Å². The van der Waals surface area contributed by atoms with Crippen molar-refractivity contribution in [2.24, 2.45) is 0 Å². The molecule has 0 aromatic rings. The maximum Gasteiger partial charge on any atom is 0.243 e. The Balaban J connectivity index is 3.12. The van der Waals surface area contributed by atoms with Gasteiger partial charge in [-0.3, -0.25) is 4.79 Å². The van der Waals surface area contributed by atoms with Crippen LogP contribution in [0.25, 0.3) is 0 Å². The van der Waals surface area contributed by atoms with E-state index in [9.17, 15) is 9.59 Å². The van der Waals surface area contributed by atoms with Gasteiger partial charge in [-0.25, -0.2) is 0 Å². The van der Waals surface area contributed by atoms with E-state index < -0.39 is 0 Å². The third-order valence-electron chi connectivity index (χ3n) is 1.69. The maximum atomic E-state index is 10.7. The van der Waals surface area contributed by atoms with E-state index in [1.54, 1.807) is 6.92 Å². The van der Waals surface area contributed by atoms with E-state index >= 15 is 0 Å². The van der Waals surface area contributed by atoms with Crippen molar-refractivity contribution in [3.8, 4) is 0 Å². The van der Waals surface area contributed by atoms with E-state index in [2.05, 4.69) is 11.9 Å². The minimum atomic E-state index is -0.133. The Morgan fingerprint density at radius 2 is 2.00 bits per heavy atom. The second-order valence-corrected chi connectivity index (χ2v) is 3.01. The maximum absolute atomic E-state index is 10.7. The number of amides is 1. The first-order valence-corrected chi connectivity index (χ1v) is 4.56. The lowest BCUT2D eigenvalue weighted by Crippen LogP contribution is -2.21. The van der Waals surface area contributed by atoms with Gasteiger partial charge in [0.25, 0.3) is 0 Å². The summed E-state index contributed by atoms with van der Waals surface area (Å²) in [5, 5.41) is 2.68. The Morgan fingerprint density at radius 3 is 2.54 bits per heavy atom. The zero-order valence-corrected chi connectivity index (χ0v) is 8.14. The zero-order valence-electron chi connectivity index (χ0n) is 8.14. The van der Waals surface area contributed by atoms with Crippen LogP contribution in [-0.2, 0) is 9.59 Å². The molecule has 0 unspecified atom stereocenters. The molecule has 0 aromatic heterocycles. The van der Waals surface area contributed by atoms with Crippen molar-refractivity contribution >= 4 is 11.7 Å². The Hall–Kier alpha value is -1.12. The van der Waals surface area contributed by atoms with Crippen LogP contribution in [0, 0.1) is 0 Å². The molecule has 0 spiro atoms. The van der Waals surface area contributed by atoms with Crippen LogP contribution in [0.3, 0.4) is 0 Å². The number of carbonyl (C=O) groups excluding carboxylic acids is 2. The molecule has 1 amide bonds. The first-order chi connectivity index (χ1) is 6.16. The molecule has 0 saturated heterocycles. The van der Waals surface area contributed by atoms with E-state index in [0.29, 0.717) is 13.0 Å². The molecule has 0 radical (unpaired) electrons. The molecule has 13 heavy (non-hydrogen) atoms. The molecule has 0 bridgehead atoms. The minimum Gasteiger partial charge on any atom is -0.353 e. The first-order valence-electron chi connectivity index (χ1n) is 4.56. The second kappa shape index (κ2) is 7.53.